The number of pyridine rings is 1. The third kappa shape index (κ3) is 6.06. The van der Waals surface area contributed by atoms with Crippen molar-refractivity contribution >= 4 is 50.0 Å². The van der Waals surface area contributed by atoms with Crippen LogP contribution in [0.3, 0.4) is 0 Å². The van der Waals surface area contributed by atoms with Gasteiger partial charge in [0, 0.05) is 60.8 Å². The molecule has 1 aliphatic heterocycles. The Labute approximate surface area is 237 Å². The topological polar surface area (TPSA) is 91.8 Å². The highest BCUT2D eigenvalue weighted by Crippen LogP contribution is 2.28. The fourth-order valence-corrected chi connectivity index (χ4v) is 6.61. The van der Waals surface area contributed by atoms with Gasteiger partial charge in [0.05, 0.1) is 24.2 Å². The Morgan fingerprint density at radius 3 is 2.62 bits per heavy atom. The lowest BCUT2D eigenvalue weighted by atomic mass is 9.96. The Morgan fingerprint density at radius 2 is 1.87 bits per heavy atom. The van der Waals surface area contributed by atoms with Crippen molar-refractivity contribution in [3.8, 4) is 0 Å². The fourth-order valence-electron chi connectivity index (χ4n) is 4.88. The number of carbonyl (C=O) groups is 1. The summed E-state index contributed by atoms with van der Waals surface area (Å²) in [6.45, 7) is 3.31. The van der Waals surface area contributed by atoms with Crippen LogP contribution < -0.4 is 4.72 Å². The summed E-state index contributed by atoms with van der Waals surface area (Å²) in [5, 5.41) is 1.96. The molecule has 1 saturated heterocycles. The molecule has 1 unspecified atom stereocenters. The molecule has 1 aliphatic carbocycles. The number of methoxy groups -OCH3 is 1. The standard InChI is InChI=1S/C28H28Cl2N4O4S/c1-38-25-16-20(28(35)34-14-12-33(13-15-34)18-21-7-9-22(29)17-23(21)30)8-10-24(25)32-39(36,37)26-6-2-4-19-5-3-11-31-27(19)26/h2-11,17,20,32H,12-16,18H2,1H3. The highest BCUT2D eigenvalue weighted by Gasteiger charge is 2.31. The van der Waals surface area contributed by atoms with Crippen molar-refractivity contribution in [1.29, 1.82) is 0 Å². The highest BCUT2D eigenvalue weighted by atomic mass is 35.5. The number of benzene rings is 2. The molecule has 1 aromatic heterocycles. The van der Waals surface area contributed by atoms with Crippen LogP contribution in [0.15, 0.2) is 83.2 Å². The van der Waals surface area contributed by atoms with Crippen LogP contribution in [0, 0.1) is 5.92 Å². The van der Waals surface area contributed by atoms with E-state index >= 15 is 0 Å². The minimum absolute atomic E-state index is 0.00913. The molecule has 0 spiro atoms. The Kier molecular flexibility index (Phi) is 8.13. The SMILES string of the molecule is COC1=C(NS(=O)(=O)c2cccc3cccnc23)C=CC(C(=O)N2CCN(Cc3ccc(Cl)cc3Cl)CC2)C1. The second-order valence-corrected chi connectivity index (χ2v) is 12.0. The monoisotopic (exact) mass is 586 g/mol. The molecule has 3 aromatic rings. The number of allylic oxidation sites excluding steroid dienone is 2. The van der Waals surface area contributed by atoms with Gasteiger partial charge >= 0.3 is 0 Å². The maximum absolute atomic E-state index is 13.3. The van der Waals surface area contributed by atoms with E-state index in [1.54, 1.807) is 36.5 Å². The zero-order valence-corrected chi connectivity index (χ0v) is 23.6. The van der Waals surface area contributed by atoms with Crippen LogP contribution in [0.2, 0.25) is 10.0 Å². The molecule has 8 nitrogen and oxygen atoms in total. The van der Waals surface area contributed by atoms with Gasteiger partial charge in [-0.2, -0.15) is 0 Å². The van der Waals surface area contributed by atoms with Crippen molar-refractivity contribution < 1.29 is 17.9 Å². The number of ether oxygens (including phenoxy) is 1. The minimum Gasteiger partial charge on any atom is -0.499 e. The molecule has 1 amide bonds. The van der Waals surface area contributed by atoms with Crippen molar-refractivity contribution in [2.75, 3.05) is 33.3 Å². The number of fused-ring (bicyclic) bond motifs is 1. The molecule has 1 N–H and O–H groups in total. The van der Waals surface area contributed by atoms with E-state index in [0.29, 0.717) is 46.7 Å². The van der Waals surface area contributed by atoms with E-state index in [-0.39, 0.29) is 17.2 Å². The first-order valence-electron chi connectivity index (χ1n) is 12.5. The number of carbonyl (C=O) groups excluding carboxylic acids is 1. The minimum atomic E-state index is -3.94. The molecule has 39 heavy (non-hydrogen) atoms. The van der Waals surface area contributed by atoms with Gasteiger partial charge in [-0.25, -0.2) is 8.42 Å². The highest BCUT2D eigenvalue weighted by molar-refractivity contribution is 7.89. The summed E-state index contributed by atoms with van der Waals surface area (Å²) in [7, 11) is -2.47. The van der Waals surface area contributed by atoms with Crippen LogP contribution in [0.5, 0.6) is 0 Å². The summed E-state index contributed by atoms with van der Waals surface area (Å²) in [6.07, 6.45) is 5.17. The Bertz CT molecular complexity index is 1560. The zero-order valence-electron chi connectivity index (χ0n) is 21.3. The van der Waals surface area contributed by atoms with Gasteiger partial charge in [0.1, 0.15) is 10.7 Å². The summed E-state index contributed by atoms with van der Waals surface area (Å²) in [5.41, 5.74) is 1.69. The molecule has 1 fully saturated rings. The smallest absolute Gasteiger partial charge is 0.264 e. The van der Waals surface area contributed by atoms with Gasteiger partial charge in [-0.05, 0) is 35.9 Å². The molecule has 0 saturated carbocycles. The lowest BCUT2D eigenvalue weighted by molar-refractivity contribution is -0.136. The van der Waals surface area contributed by atoms with Crippen LogP contribution in [-0.2, 0) is 26.1 Å². The largest absolute Gasteiger partial charge is 0.499 e. The second kappa shape index (κ2) is 11.6. The number of hydrogen-bond donors (Lipinski definition) is 1. The predicted octanol–water partition coefficient (Wildman–Crippen LogP) is 4.60. The van der Waals surface area contributed by atoms with Gasteiger partial charge in [0.15, 0.2) is 0 Å². The van der Waals surface area contributed by atoms with E-state index in [2.05, 4.69) is 14.6 Å². The maximum Gasteiger partial charge on any atom is 0.264 e. The van der Waals surface area contributed by atoms with Gasteiger partial charge in [-0.3, -0.25) is 19.4 Å². The number of sulfonamides is 1. The predicted molar refractivity (Wildman–Crippen MR) is 152 cm³/mol. The third-order valence-corrected chi connectivity index (χ3v) is 8.97. The van der Waals surface area contributed by atoms with Gasteiger partial charge < -0.3 is 9.64 Å². The lowest BCUT2D eigenvalue weighted by Gasteiger charge is -2.36. The summed E-state index contributed by atoms with van der Waals surface area (Å²) >= 11 is 12.3. The van der Waals surface area contributed by atoms with Gasteiger partial charge in [-0.15, -0.1) is 0 Å². The number of nitrogens with zero attached hydrogens (tertiary/aromatic N) is 3. The molecule has 0 radical (unpaired) electrons. The number of para-hydroxylation sites is 1. The van der Waals surface area contributed by atoms with E-state index in [0.717, 1.165) is 24.0 Å². The number of amides is 1. The first-order valence-corrected chi connectivity index (χ1v) is 14.8. The Balaban J connectivity index is 1.22. The van der Waals surface area contributed by atoms with E-state index < -0.39 is 15.9 Å². The third-order valence-electron chi connectivity index (χ3n) is 6.99. The van der Waals surface area contributed by atoms with E-state index in [1.165, 1.54) is 13.2 Å². The number of hydrogen-bond acceptors (Lipinski definition) is 6. The van der Waals surface area contributed by atoms with Crippen molar-refractivity contribution in [3.63, 3.8) is 0 Å². The van der Waals surface area contributed by atoms with Crippen LogP contribution in [0.25, 0.3) is 10.9 Å². The number of piperazine rings is 1. The summed E-state index contributed by atoms with van der Waals surface area (Å²) in [4.78, 5) is 21.8. The van der Waals surface area contributed by atoms with E-state index in [9.17, 15) is 13.2 Å². The van der Waals surface area contributed by atoms with Crippen molar-refractivity contribution in [2.24, 2.45) is 5.92 Å². The number of rotatable bonds is 7. The molecule has 2 heterocycles. The molecule has 5 rings (SSSR count). The molecule has 11 heteroatoms. The average Bonchev–Trinajstić information content (AvgIpc) is 2.94. The number of halogens is 2. The number of nitrogens with one attached hydrogen (secondary N) is 1. The molecule has 204 valence electrons. The zero-order chi connectivity index (χ0) is 27.6. The van der Waals surface area contributed by atoms with Crippen LogP contribution >= 0.6 is 23.2 Å². The van der Waals surface area contributed by atoms with Crippen molar-refractivity contribution in [1.82, 2.24) is 19.5 Å². The number of aromatic nitrogens is 1. The van der Waals surface area contributed by atoms with E-state index in [4.69, 9.17) is 27.9 Å². The van der Waals surface area contributed by atoms with Gasteiger partial charge in [0.25, 0.3) is 10.0 Å². The Hall–Kier alpha value is -3.11. The molecular weight excluding hydrogens is 559 g/mol. The van der Waals surface area contributed by atoms with Crippen molar-refractivity contribution in [2.45, 2.75) is 17.9 Å². The van der Waals surface area contributed by atoms with Crippen molar-refractivity contribution in [3.05, 3.63) is 93.9 Å². The maximum atomic E-state index is 13.3. The molecule has 1 atom stereocenters. The lowest BCUT2D eigenvalue weighted by Crippen LogP contribution is -2.50. The average molecular weight is 588 g/mol. The molecule has 2 aliphatic rings. The molecule has 0 bridgehead atoms. The van der Waals surface area contributed by atoms with Crippen LogP contribution in [-0.4, -0.2) is 62.4 Å². The summed E-state index contributed by atoms with van der Waals surface area (Å²) in [5.74, 6) is -0.0431. The Morgan fingerprint density at radius 1 is 1.10 bits per heavy atom. The molecular formula is C28H28Cl2N4O4S. The van der Waals surface area contributed by atoms with Gasteiger partial charge in [0.2, 0.25) is 5.91 Å². The normalized spacial score (nSPS) is 18.4. The van der Waals surface area contributed by atoms with Crippen LogP contribution in [0.4, 0.5) is 0 Å². The quantitative estimate of drug-likeness (QED) is 0.435. The first-order chi connectivity index (χ1) is 18.7. The second-order valence-electron chi connectivity index (χ2n) is 9.48. The molecule has 2 aromatic carbocycles. The summed E-state index contributed by atoms with van der Waals surface area (Å²) < 4.78 is 34.7. The van der Waals surface area contributed by atoms with E-state index in [1.807, 2.05) is 29.2 Å². The van der Waals surface area contributed by atoms with Gasteiger partial charge in [-0.1, -0.05) is 53.5 Å². The van der Waals surface area contributed by atoms with Crippen LogP contribution in [0.1, 0.15) is 12.0 Å². The summed E-state index contributed by atoms with van der Waals surface area (Å²) in [6, 6.07) is 14.1. The fraction of sp³-hybridized carbons (Fsp3) is 0.286. The first kappa shape index (κ1) is 27.5.